The number of carbonyl (C=O) groups excluding carboxylic acids is 1. The lowest BCUT2D eigenvalue weighted by Crippen LogP contribution is -2.28. The third-order valence-electron chi connectivity index (χ3n) is 3.99. The van der Waals surface area contributed by atoms with Crippen LogP contribution in [0.1, 0.15) is 29.1 Å². The standard InChI is InChI=1S/C19H20N4O3S/c1-3-11-20-27(25,26)15-8-6-7-14(12-15)19(24)21-13(2)18-22-16-9-4-5-10-17(16)23-18/h3-10,12-13,20H,1,11H2,2H3,(H,21,24)(H,22,23). The molecule has 0 radical (unpaired) electrons. The van der Waals surface area contributed by atoms with Gasteiger partial charge in [0, 0.05) is 12.1 Å². The molecule has 1 aromatic heterocycles. The van der Waals surface area contributed by atoms with Crippen molar-refractivity contribution in [1.82, 2.24) is 20.0 Å². The van der Waals surface area contributed by atoms with Crippen molar-refractivity contribution >= 4 is 27.0 Å². The van der Waals surface area contributed by atoms with E-state index in [1.165, 1.54) is 24.3 Å². The lowest BCUT2D eigenvalue weighted by atomic mass is 10.2. The normalized spacial score (nSPS) is 12.6. The first-order valence-electron chi connectivity index (χ1n) is 8.37. The van der Waals surface area contributed by atoms with Crippen LogP contribution in [0.4, 0.5) is 0 Å². The Balaban J connectivity index is 1.77. The van der Waals surface area contributed by atoms with Gasteiger partial charge in [-0.2, -0.15) is 0 Å². The van der Waals surface area contributed by atoms with Gasteiger partial charge in [0.1, 0.15) is 5.82 Å². The Bertz CT molecular complexity index is 1060. The summed E-state index contributed by atoms with van der Waals surface area (Å²) in [6.45, 7) is 5.40. The van der Waals surface area contributed by atoms with Gasteiger partial charge in [0.25, 0.3) is 5.91 Å². The van der Waals surface area contributed by atoms with Gasteiger partial charge in [-0.3, -0.25) is 4.79 Å². The summed E-state index contributed by atoms with van der Waals surface area (Å²) in [6, 6.07) is 13.1. The molecule has 7 nitrogen and oxygen atoms in total. The number of benzene rings is 2. The van der Waals surface area contributed by atoms with Crippen molar-refractivity contribution < 1.29 is 13.2 Å². The second-order valence-corrected chi connectivity index (χ2v) is 7.77. The number of nitrogens with one attached hydrogen (secondary N) is 3. The van der Waals surface area contributed by atoms with Crippen LogP contribution in [0.3, 0.4) is 0 Å². The molecule has 1 amide bonds. The summed E-state index contributed by atoms with van der Waals surface area (Å²) in [7, 11) is -3.70. The molecule has 0 aliphatic carbocycles. The number of sulfonamides is 1. The first kappa shape index (κ1) is 18.8. The average molecular weight is 384 g/mol. The van der Waals surface area contributed by atoms with E-state index >= 15 is 0 Å². The molecule has 3 N–H and O–H groups in total. The quantitative estimate of drug-likeness (QED) is 0.545. The van der Waals surface area contributed by atoms with Crippen LogP contribution in [0.2, 0.25) is 0 Å². The summed E-state index contributed by atoms with van der Waals surface area (Å²) in [5, 5.41) is 2.83. The van der Waals surface area contributed by atoms with Gasteiger partial charge in [-0.15, -0.1) is 6.58 Å². The molecule has 0 fully saturated rings. The molecule has 0 aliphatic heterocycles. The Morgan fingerprint density at radius 3 is 2.78 bits per heavy atom. The van der Waals surface area contributed by atoms with E-state index in [4.69, 9.17) is 0 Å². The number of aromatic amines is 1. The number of nitrogens with zero attached hydrogens (tertiary/aromatic N) is 1. The predicted octanol–water partition coefficient (Wildman–Crippen LogP) is 2.52. The molecule has 8 heteroatoms. The zero-order valence-electron chi connectivity index (χ0n) is 14.8. The number of para-hydroxylation sites is 2. The lowest BCUT2D eigenvalue weighted by Gasteiger charge is -2.12. The van der Waals surface area contributed by atoms with Gasteiger partial charge < -0.3 is 10.3 Å². The van der Waals surface area contributed by atoms with E-state index in [-0.39, 0.29) is 29.0 Å². The number of aromatic nitrogens is 2. The second-order valence-electron chi connectivity index (χ2n) is 6.00. The Morgan fingerprint density at radius 2 is 2.04 bits per heavy atom. The van der Waals surface area contributed by atoms with Crippen LogP contribution in [0, 0.1) is 0 Å². The van der Waals surface area contributed by atoms with Gasteiger partial charge in [0.05, 0.1) is 22.0 Å². The van der Waals surface area contributed by atoms with Gasteiger partial charge in [0.2, 0.25) is 10.0 Å². The lowest BCUT2D eigenvalue weighted by molar-refractivity contribution is 0.0938. The fraction of sp³-hybridized carbons (Fsp3) is 0.158. The van der Waals surface area contributed by atoms with E-state index < -0.39 is 10.0 Å². The highest BCUT2D eigenvalue weighted by molar-refractivity contribution is 7.89. The Hall–Kier alpha value is -2.97. The molecule has 1 atom stereocenters. The molecule has 0 saturated carbocycles. The van der Waals surface area contributed by atoms with E-state index in [0.29, 0.717) is 5.82 Å². The minimum atomic E-state index is -3.70. The maximum atomic E-state index is 12.6. The van der Waals surface area contributed by atoms with Crippen LogP contribution in [0.25, 0.3) is 11.0 Å². The van der Waals surface area contributed by atoms with Crippen molar-refractivity contribution in [1.29, 1.82) is 0 Å². The smallest absolute Gasteiger partial charge is 0.251 e. The van der Waals surface area contributed by atoms with E-state index in [9.17, 15) is 13.2 Å². The van der Waals surface area contributed by atoms with Gasteiger partial charge in [-0.25, -0.2) is 18.1 Å². The number of amides is 1. The molecular formula is C19H20N4O3S. The summed E-state index contributed by atoms with van der Waals surface area (Å²) < 4.78 is 26.8. The van der Waals surface area contributed by atoms with Gasteiger partial charge >= 0.3 is 0 Å². The van der Waals surface area contributed by atoms with Crippen LogP contribution in [0.15, 0.2) is 66.1 Å². The van der Waals surface area contributed by atoms with Crippen LogP contribution in [0.5, 0.6) is 0 Å². The van der Waals surface area contributed by atoms with Crippen molar-refractivity contribution in [3.05, 3.63) is 72.6 Å². The fourth-order valence-corrected chi connectivity index (χ4v) is 3.63. The highest BCUT2D eigenvalue weighted by atomic mass is 32.2. The highest BCUT2D eigenvalue weighted by Crippen LogP contribution is 2.17. The molecule has 0 aliphatic rings. The number of H-pyrrole nitrogens is 1. The monoisotopic (exact) mass is 384 g/mol. The Labute approximate surface area is 157 Å². The van der Waals surface area contributed by atoms with Gasteiger partial charge in [-0.1, -0.05) is 24.3 Å². The van der Waals surface area contributed by atoms with Gasteiger partial charge in [0.15, 0.2) is 0 Å². The molecule has 0 saturated heterocycles. The Kier molecular flexibility index (Phi) is 5.38. The molecule has 140 valence electrons. The van der Waals surface area contributed by atoms with Crippen LogP contribution < -0.4 is 10.0 Å². The molecule has 2 aromatic carbocycles. The molecule has 1 unspecified atom stereocenters. The molecular weight excluding hydrogens is 364 g/mol. The topological polar surface area (TPSA) is 104 Å². The largest absolute Gasteiger partial charge is 0.342 e. The van der Waals surface area contributed by atoms with E-state index in [0.717, 1.165) is 11.0 Å². The van der Waals surface area contributed by atoms with Crippen molar-refractivity contribution in [2.45, 2.75) is 17.9 Å². The van der Waals surface area contributed by atoms with E-state index in [2.05, 4.69) is 26.6 Å². The highest BCUT2D eigenvalue weighted by Gasteiger charge is 2.18. The number of fused-ring (bicyclic) bond motifs is 1. The SMILES string of the molecule is C=CCNS(=O)(=O)c1cccc(C(=O)NC(C)c2nc3ccccc3[nH]2)c1. The second kappa shape index (κ2) is 7.73. The first-order chi connectivity index (χ1) is 12.9. The van der Waals surface area contributed by atoms with Gasteiger partial charge in [-0.05, 0) is 37.3 Å². The summed E-state index contributed by atoms with van der Waals surface area (Å²) in [5.41, 5.74) is 1.95. The summed E-state index contributed by atoms with van der Waals surface area (Å²) in [4.78, 5) is 20.2. The van der Waals surface area contributed by atoms with Crippen LogP contribution >= 0.6 is 0 Å². The maximum absolute atomic E-state index is 12.6. The molecule has 0 spiro atoms. The zero-order valence-corrected chi connectivity index (χ0v) is 15.6. The summed E-state index contributed by atoms with van der Waals surface area (Å²) in [6.07, 6.45) is 1.45. The predicted molar refractivity (Wildman–Crippen MR) is 104 cm³/mol. The van der Waals surface area contributed by atoms with E-state index in [1.807, 2.05) is 31.2 Å². The van der Waals surface area contributed by atoms with Crippen molar-refractivity contribution in [2.75, 3.05) is 6.54 Å². The van der Waals surface area contributed by atoms with E-state index in [1.54, 1.807) is 6.07 Å². The third kappa shape index (κ3) is 4.24. The summed E-state index contributed by atoms with van der Waals surface area (Å²) in [5.74, 6) is 0.240. The molecule has 0 bridgehead atoms. The number of hydrogen-bond acceptors (Lipinski definition) is 4. The molecule has 3 rings (SSSR count). The number of imidazole rings is 1. The molecule has 3 aromatic rings. The minimum absolute atomic E-state index is 0.0217. The fourth-order valence-electron chi connectivity index (χ4n) is 2.58. The summed E-state index contributed by atoms with van der Waals surface area (Å²) >= 11 is 0. The average Bonchev–Trinajstić information content (AvgIpc) is 3.11. The number of carbonyl (C=O) groups is 1. The first-order valence-corrected chi connectivity index (χ1v) is 9.85. The minimum Gasteiger partial charge on any atom is -0.342 e. The molecule has 27 heavy (non-hydrogen) atoms. The number of rotatable bonds is 7. The van der Waals surface area contributed by atoms with Crippen molar-refractivity contribution in [3.63, 3.8) is 0 Å². The van der Waals surface area contributed by atoms with Crippen LogP contribution in [-0.2, 0) is 10.0 Å². The van der Waals surface area contributed by atoms with Crippen molar-refractivity contribution in [3.8, 4) is 0 Å². The third-order valence-corrected chi connectivity index (χ3v) is 5.41. The molecule has 1 heterocycles. The number of hydrogen-bond donors (Lipinski definition) is 3. The Morgan fingerprint density at radius 1 is 1.26 bits per heavy atom. The maximum Gasteiger partial charge on any atom is 0.251 e. The van der Waals surface area contributed by atoms with Crippen LogP contribution in [-0.4, -0.2) is 30.8 Å². The van der Waals surface area contributed by atoms with Crippen molar-refractivity contribution in [2.24, 2.45) is 0 Å². The zero-order chi connectivity index (χ0) is 19.4.